The highest BCUT2D eigenvalue weighted by atomic mass is 79.9. The Morgan fingerprint density at radius 3 is 1.61 bits per heavy atom. The number of hydrogen-bond acceptors (Lipinski definition) is 5. The largest absolute Gasteiger partial charge is 0.326 e. The Morgan fingerprint density at radius 2 is 0.944 bits per heavy atom. The summed E-state index contributed by atoms with van der Waals surface area (Å²) in [6.45, 7) is 0. The summed E-state index contributed by atoms with van der Waals surface area (Å²) in [7, 11) is 0. The molecule has 0 fully saturated rings. The summed E-state index contributed by atoms with van der Waals surface area (Å²) in [5, 5.41) is 6.65. The van der Waals surface area contributed by atoms with Crippen molar-refractivity contribution in [2.45, 2.75) is 0 Å². The maximum absolute atomic E-state index is 12.5. The van der Waals surface area contributed by atoms with Crippen molar-refractivity contribution in [2.75, 3.05) is 10.6 Å². The summed E-state index contributed by atoms with van der Waals surface area (Å²) in [5.74, 6) is 2.23. The summed E-state index contributed by atoms with van der Waals surface area (Å²) in [4.78, 5) is 17.3. The standard InChI is InChI=1S/C19H13Br2N3.C19H12BrN3.C13H11N3.C6H3Br2F/c20-14-9-6-12-17(18(14)21)24-16-11-5-4-10-15(16)23-19(24)22-13-7-2-1-3-8-13;20-14-9-6-12-17-18(14)22(13-7-2-1-3-8-13)19-21-15-10-4-5-11-16(15)23(17)19;1-2-6-10(7-3-1)14-13-15-11-8-4-5-9-12(11)16-13;7-4-2-1-3-5(9)6(4)8/h1-12H,(H,22,23);1-12H;1-9H,(H2,14,15,16);1-3H. The highest BCUT2D eigenvalue weighted by Gasteiger charge is 2.19. The number of halogens is 6. The van der Waals surface area contributed by atoms with Gasteiger partial charge in [0.2, 0.25) is 17.7 Å². The minimum Gasteiger partial charge on any atom is -0.326 e. The van der Waals surface area contributed by atoms with Gasteiger partial charge in [-0.2, -0.15) is 0 Å². The predicted molar refractivity (Wildman–Crippen MR) is 311 cm³/mol. The highest BCUT2D eigenvalue weighted by molar-refractivity contribution is 9.13. The smallest absolute Gasteiger partial charge is 0.220 e. The van der Waals surface area contributed by atoms with Gasteiger partial charge in [0, 0.05) is 30.5 Å². The van der Waals surface area contributed by atoms with E-state index < -0.39 is 0 Å². The molecule has 72 heavy (non-hydrogen) atoms. The lowest BCUT2D eigenvalue weighted by Crippen LogP contribution is -2.02. The van der Waals surface area contributed by atoms with Crippen molar-refractivity contribution in [2.24, 2.45) is 0 Å². The van der Waals surface area contributed by atoms with Gasteiger partial charge in [-0.1, -0.05) is 109 Å². The van der Waals surface area contributed by atoms with E-state index in [1.54, 1.807) is 12.1 Å². The maximum Gasteiger partial charge on any atom is 0.220 e. The first-order chi connectivity index (χ1) is 35.2. The molecule has 0 unspecified atom stereocenters. The minimum atomic E-state index is -0.246. The van der Waals surface area contributed by atoms with Gasteiger partial charge < -0.3 is 15.6 Å². The van der Waals surface area contributed by atoms with Crippen LogP contribution in [0.1, 0.15) is 0 Å². The molecule has 0 amide bonds. The zero-order valence-corrected chi connectivity index (χ0v) is 45.7. The minimum absolute atomic E-state index is 0.246. The van der Waals surface area contributed by atoms with E-state index in [9.17, 15) is 4.39 Å². The van der Waals surface area contributed by atoms with E-state index in [2.05, 4.69) is 187 Å². The van der Waals surface area contributed by atoms with Gasteiger partial charge in [0.25, 0.3) is 0 Å². The van der Waals surface area contributed by atoms with Crippen LogP contribution in [0.5, 0.6) is 0 Å². The van der Waals surface area contributed by atoms with Gasteiger partial charge in [-0.05, 0) is 189 Å². The van der Waals surface area contributed by atoms with Crippen molar-refractivity contribution in [1.82, 2.24) is 33.5 Å². The van der Waals surface area contributed by atoms with E-state index in [1.165, 1.54) is 6.07 Å². The Morgan fingerprint density at radius 1 is 0.417 bits per heavy atom. The lowest BCUT2D eigenvalue weighted by atomic mass is 10.2. The molecule has 354 valence electrons. The Labute approximate surface area is 455 Å². The molecule has 9 aromatic carbocycles. The number of aromatic amines is 1. The van der Waals surface area contributed by atoms with Crippen molar-refractivity contribution in [3.63, 3.8) is 0 Å². The zero-order chi connectivity index (χ0) is 49.6. The van der Waals surface area contributed by atoms with Crippen LogP contribution in [0.4, 0.5) is 27.7 Å². The Balaban J connectivity index is 0.000000116. The third kappa shape index (κ3) is 10.5. The fraction of sp³-hybridized carbons (Fsp3) is 0. The normalized spacial score (nSPS) is 10.9. The van der Waals surface area contributed by atoms with E-state index >= 15 is 0 Å². The zero-order valence-electron chi connectivity index (χ0n) is 37.7. The molecule has 9 nitrogen and oxygen atoms in total. The van der Waals surface area contributed by atoms with Crippen molar-refractivity contribution in [1.29, 1.82) is 0 Å². The maximum atomic E-state index is 12.5. The van der Waals surface area contributed by atoms with Crippen LogP contribution < -0.4 is 10.6 Å². The molecule has 0 saturated carbocycles. The van der Waals surface area contributed by atoms with Gasteiger partial charge in [0.1, 0.15) is 5.82 Å². The fourth-order valence-electron chi connectivity index (χ4n) is 8.05. The molecule has 13 aromatic rings. The summed E-state index contributed by atoms with van der Waals surface area (Å²) in [5.41, 5.74) is 12.6. The molecule has 15 heteroatoms. The molecule has 0 spiro atoms. The van der Waals surface area contributed by atoms with Gasteiger partial charge in [-0.25, -0.2) is 19.3 Å². The van der Waals surface area contributed by atoms with E-state index in [-0.39, 0.29) is 5.82 Å². The highest BCUT2D eigenvalue weighted by Crippen LogP contribution is 2.36. The van der Waals surface area contributed by atoms with E-state index in [4.69, 9.17) is 9.97 Å². The van der Waals surface area contributed by atoms with E-state index in [0.717, 1.165) is 102 Å². The van der Waals surface area contributed by atoms with Crippen molar-refractivity contribution in [3.05, 3.63) is 247 Å². The fourth-order valence-corrected chi connectivity index (χ4v) is 9.98. The second kappa shape index (κ2) is 22.3. The van der Waals surface area contributed by atoms with Crippen LogP contribution in [-0.2, 0) is 0 Å². The molecule has 0 aliphatic heterocycles. The van der Waals surface area contributed by atoms with Crippen LogP contribution in [0, 0.1) is 5.82 Å². The predicted octanol–water partition coefficient (Wildman–Crippen LogP) is 18.1. The van der Waals surface area contributed by atoms with E-state index in [0.29, 0.717) is 4.47 Å². The molecule has 0 aliphatic carbocycles. The van der Waals surface area contributed by atoms with Crippen LogP contribution in [0.3, 0.4) is 0 Å². The first-order valence-electron chi connectivity index (χ1n) is 22.4. The first-order valence-corrected chi connectivity index (χ1v) is 26.4. The summed E-state index contributed by atoms with van der Waals surface area (Å²) < 4.78 is 23.3. The van der Waals surface area contributed by atoms with Crippen LogP contribution in [-0.4, -0.2) is 33.5 Å². The number of fused-ring (bicyclic) bond motifs is 7. The third-order valence-corrected chi connectivity index (χ3v) is 15.9. The van der Waals surface area contributed by atoms with Gasteiger partial charge in [-0.3, -0.25) is 13.5 Å². The van der Waals surface area contributed by atoms with Crippen molar-refractivity contribution in [3.8, 4) is 11.4 Å². The summed E-state index contributed by atoms with van der Waals surface area (Å²) in [6, 6.07) is 71.9. The monoisotopic (exact) mass is 1260 g/mol. The number of para-hydroxylation sites is 10. The molecule has 0 bridgehead atoms. The van der Waals surface area contributed by atoms with Crippen LogP contribution in [0.2, 0.25) is 0 Å². The van der Waals surface area contributed by atoms with Crippen LogP contribution in [0.15, 0.2) is 241 Å². The average Bonchev–Trinajstić information content (AvgIpc) is 4.18. The molecule has 0 atom stereocenters. The number of aromatic nitrogens is 7. The summed E-state index contributed by atoms with van der Waals surface area (Å²) >= 11 is 17.2. The Hall–Kier alpha value is -6.88. The lowest BCUT2D eigenvalue weighted by Gasteiger charge is -2.13. The second-order valence-corrected chi connectivity index (χ2v) is 20.1. The van der Waals surface area contributed by atoms with Crippen molar-refractivity contribution >= 4 is 153 Å². The van der Waals surface area contributed by atoms with Gasteiger partial charge in [0.15, 0.2) is 0 Å². The molecule has 4 aromatic heterocycles. The Bertz CT molecular complexity index is 3920. The first kappa shape index (κ1) is 48.7. The van der Waals surface area contributed by atoms with Gasteiger partial charge in [0.05, 0.1) is 58.8 Å². The molecule has 0 saturated heterocycles. The number of imidazole rings is 4. The summed E-state index contributed by atoms with van der Waals surface area (Å²) in [6.07, 6.45) is 0. The number of hydrogen-bond donors (Lipinski definition) is 3. The molecular weight excluding hydrogens is 1230 g/mol. The number of nitrogens with zero attached hydrogens (tertiary/aromatic N) is 6. The lowest BCUT2D eigenvalue weighted by molar-refractivity contribution is 0.620. The SMILES string of the molecule is Brc1cccc(-n2c(Nc3ccccc3)nc3ccccc32)c1Br.Brc1cccc2c1n(-c1ccccc1)c1nc3ccccc3n21.Fc1cccc(Br)c1Br.c1ccc(Nc2nc3ccccc3[nH]2)cc1. The molecule has 4 heterocycles. The number of rotatable bonds is 6. The molecule has 13 rings (SSSR count). The van der Waals surface area contributed by atoms with Crippen molar-refractivity contribution < 1.29 is 4.39 Å². The van der Waals surface area contributed by atoms with Crippen LogP contribution in [0.25, 0.3) is 61.3 Å². The van der Waals surface area contributed by atoms with Gasteiger partial charge in [-0.15, -0.1) is 0 Å². The second-order valence-electron chi connectivity index (χ2n) is 16.0. The number of H-pyrrole nitrogens is 1. The number of nitrogens with one attached hydrogen (secondary N) is 3. The molecule has 3 N–H and O–H groups in total. The third-order valence-electron chi connectivity index (χ3n) is 11.3. The molecular formula is C57H39Br5FN9. The van der Waals surface area contributed by atoms with E-state index in [1.807, 2.05) is 127 Å². The average molecular weight is 1270 g/mol. The molecule has 0 radical (unpaired) electrons. The number of anilines is 4. The topological polar surface area (TPSA) is 92.8 Å². The molecule has 0 aliphatic rings. The quantitative estimate of drug-likeness (QED) is 0.144. The number of benzene rings is 9. The van der Waals surface area contributed by atoms with Gasteiger partial charge >= 0.3 is 0 Å². The van der Waals surface area contributed by atoms with Crippen LogP contribution >= 0.6 is 79.6 Å². The Kier molecular flexibility index (Phi) is 15.1.